The summed E-state index contributed by atoms with van der Waals surface area (Å²) in [4.78, 5) is 1.33. The molecule has 0 bridgehead atoms. The topological polar surface area (TPSA) is 0 Å². The fourth-order valence-electron chi connectivity index (χ4n) is 7.41. The van der Waals surface area contributed by atoms with Gasteiger partial charge in [0.25, 0.3) is 0 Å². The Kier molecular flexibility index (Phi) is 5.72. The van der Waals surface area contributed by atoms with Crippen molar-refractivity contribution in [1.82, 2.24) is 0 Å². The molecule has 0 fully saturated rings. The minimum atomic E-state index is 1.25. The zero-order chi connectivity index (χ0) is 30.2. The molecule has 2 heteroatoms. The van der Waals surface area contributed by atoms with Crippen LogP contribution in [0.2, 0.25) is 0 Å². The summed E-state index contributed by atoms with van der Waals surface area (Å²) in [7, 11) is 0. The molecular formula is C44H26S2. The Morgan fingerprint density at radius 3 is 1.61 bits per heavy atom. The molecule has 214 valence electrons. The van der Waals surface area contributed by atoms with E-state index in [-0.39, 0.29) is 0 Å². The summed E-state index contributed by atoms with van der Waals surface area (Å²) in [5.74, 6) is 0. The van der Waals surface area contributed by atoms with Gasteiger partial charge in [-0.05, 0) is 78.8 Å². The van der Waals surface area contributed by atoms with E-state index in [1.807, 2.05) is 22.7 Å². The van der Waals surface area contributed by atoms with Crippen molar-refractivity contribution in [2.24, 2.45) is 0 Å². The molecule has 2 aromatic heterocycles. The predicted molar refractivity (Wildman–Crippen MR) is 204 cm³/mol. The lowest BCUT2D eigenvalue weighted by atomic mass is 9.84. The van der Waals surface area contributed by atoms with E-state index in [1.54, 1.807) is 0 Å². The van der Waals surface area contributed by atoms with Gasteiger partial charge in [0.1, 0.15) is 0 Å². The second kappa shape index (κ2) is 10.1. The maximum absolute atomic E-state index is 2.47. The summed E-state index contributed by atoms with van der Waals surface area (Å²) in [6.45, 7) is 0. The number of thiophene rings is 2. The summed E-state index contributed by atoms with van der Waals surface area (Å²) >= 11 is 3.82. The average molecular weight is 619 g/mol. The van der Waals surface area contributed by atoms with Gasteiger partial charge < -0.3 is 0 Å². The summed E-state index contributed by atoms with van der Waals surface area (Å²) in [6, 6.07) is 58.4. The Labute approximate surface area is 274 Å². The highest BCUT2D eigenvalue weighted by Gasteiger charge is 2.23. The molecule has 0 amide bonds. The van der Waals surface area contributed by atoms with Gasteiger partial charge in [0.2, 0.25) is 0 Å². The molecule has 0 N–H and O–H groups in total. The molecule has 0 aliphatic rings. The van der Waals surface area contributed by atoms with E-state index in [1.165, 1.54) is 95.3 Å². The zero-order valence-electron chi connectivity index (χ0n) is 24.8. The minimum Gasteiger partial charge on any atom is -0.135 e. The van der Waals surface area contributed by atoms with Crippen LogP contribution in [0.4, 0.5) is 0 Å². The molecule has 0 saturated carbocycles. The van der Waals surface area contributed by atoms with Crippen molar-refractivity contribution >= 4 is 85.2 Å². The first-order chi connectivity index (χ1) is 22.8. The van der Waals surface area contributed by atoms with Crippen LogP contribution in [-0.2, 0) is 0 Å². The summed E-state index contributed by atoms with van der Waals surface area (Å²) in [5.41, 5.74) is 6.47. The van der Waals surface area contributed by atoms with Crippen LogP contribution < -0.4 is 0 Å². The molecule has 0 unspecified atom stereocenters. The zero-order valence-corrected chi connectivity index (χ0v) is 26.5. The first kappa shape index (κ1) is 26.0. The van der Waals surface area contributed by atoms with Crippen molar-refractivity contribution in [1.29, 1.82) is 0 Å². The number of hydrogen-bond acceptors (Lipinski definition) is 2. The van der Waals surface area contributed by atoms with Crippen LogP contribution >= 0.6 is 22.7 Å². The lowest BCUT2D eigenvalue weighted by Crippen LogP contribution is -1.91. The molecule has 8 aromatic carbocycles. The van der Waals surface area contributed by atoms with Crippen molar-refractivity contribution in [3.63, 3.8) is 0 Å². The fraction of sp³-hybridized carbons (Fsp3) is 0. The first-order valence-corrected chi connectivity index (χ1v) is 17.3. The van der Waals surface area contributed by atoms with Crippen LogP contribution in [0.15, 0.2) is 158 Å². The molecule has 2 heterocycles. The third-order valence-corrected chi connectivity index (χ3v) is 11.8. The molecular weight excluding hydrogens is 593 g/mol. The van der Waals surface area contributed by atoms with E-state index < -0.39 is 0 Å². The summed E-state index contributed by atoms with van der Waals surface area (Å²) in [5, 5.41) is 11.7. The Balaban J connectivity index is 1.38. The van der Waals surface area contributed by atoms with Gasteiger partial charge in [-0.2, -0.15) is 0 Å². The number of hydrogen-bond donors (Lipinski definition) is 0. The lowest BCUT2D eigenvalue weighted by molar-refractivity contribution is 1.68. The molecule has 0 spiro atoms. The largest absolute Gasteiger partial charge is 0.135 e. The number of benzene rings is 8. The Hall–Kier alpha value is -5.28. The number of rotatable bonds is 3. The smallest absolute Gasteiger partial charge is 0.0434 e. The quantitative estimate of drug-likeness (QED) is 0.173. The van der Waals surface area contributed by atoms with E-state index in [4.69, 9.17) is 0 Å². The van der Waals surface area contributed by atoms with Gasteiger partial charge in [-0.15, -0.1) is 22.7 Å². The standard InChI is InChI=1S/C44H26S2/c1-2-13-28(14-3-1)44-43(37-25-36-31-16-10-11-21-38(31)45-39(36)26-40(37)46-44)42-34-19-8-6-17-32(34)41(33-18-7-9-20-35(33)42)30-23-22-27-12-4-5-15-29(27)24-30/h1-26H. The van der Waals surface area contributed by atoms with Gasteiger partial charge in [0.05, 0.1) is 0 Å². The minimum absolute atomic E-state index is 1.25. The predicted octanol–water partition coefficient (Wildman–Crippen LogP) is 13.7. The van der Waals surface area contributed by atoms with Crippen LogP contribution in [0.1, 0.15) is 0 Å². The Morgan fingerprint density at radius 2 is 0.870 bits per heavy atom. The van der Waals surface area contributed by atoms with Crippen molar-refractivity contribution in [2.75, 3.05) is 0 Å². The van der Waals surface area contributed by atoms with Gasteiger partial charge in [0, 0.05) is 40.7 Å². The maximum Gasteiger partial charge on any atom is 0.0434 e. The van der Waals surface area contributed by atoms with E-state index >= 15 is 0 Å². The van der Waals surface area contributed by atoms with E-state index in [0.717, 1.165) is 0 Å². The molecule has 0 atom stereocenters. The van der Waals surface area contributed by atoms with Crippen LogP contribution in [0.25, 0.3) is 95.3 Å². The highest BCUT2D eigenvalue weighted by molar-refractivity contribution is 7.27. The van der Waals surface area contributed by atoms with Crippen molar-refractivity contribution in [3.05, 3.63) is 158 Å². The molecule has 0 aliphatic carbocycles. The molecule has 0 radical (unpaired) electrons. The van der Waals surface area contributed by atoms with Gasteiger partial charge >= 0.3 is 0 Å². The van der Waals surface area contributed by atoms with Crippen LogP contribution in [0, 0.1) is 0 Å². The molecule has 0 saturated heterocycles. The van der Waals surface area contributed by atoms with Gasteiger partial charge in [-0.25, -0.2) is 0 Å². The van der Waals surface area contributed by atoms with E-state index in [9.17, 15) is 0 Å². The highest BCUT2D eigenvalue weighted by Crippen LogP contribution is 2.52. The third-order valence-electron chi connectivity index (χ3n) is 9.44. The number of fused-ring (bicyclic) bond motifs is 7. The average Bonchev–Trinajstić information content (AvgIpc) is 3.67. The fourth-order valence-corrected chi connectivity index (χ4v) is 9.85. The van der Waals surface area contributed by atoms with E-state index in [2.05, 4.69) is 158 Å². The molecule has 0 nitrogen and oxygen atoms in total. The SMILES string of the molecule is c1ccc(-c2sc3cc4sc5ccccc5c4cc3c2-c2c3ccccc3c(-c3ccc4ccccc4c3)c3ccccc23)cc1. The normalized spacial score (nSPS) is 11.9. The second-order valence-electron chi connectivity index (χ2n) is 12.0. The van der Waals surface area contributed by atoms with Crippen LogP contribution in [-0.4, -0.2) is 0 Å². The Morgan fingerprint density at radius 1 is 0.283 bits per heavy atom. The first-order valence-electron chi connectivity index (χ1n) is 15.7. The molecule has 0 aliphatic heterocycles. The van der Waals surface area contributed by atoms with Crippen LogP contribution in [0.5, 0.6) is 0 Å². The Bertz CT molecular complexity index is 2740. The van der Waals surface area contributed by atoms with Gasteiger partial charge in [0.15, 0.2) is 0 Å². The van der Waals surface area contributed by atoms with Crippen molar-refractivity contribution in [3.8, 4) is 32.7 Å². The second-order valence-corrected chi connectivity index (χ2v) is 14.2. The maximum atomic E-state index is 2.47. The van der Waals surface area contributed by atoms with E-state index in [0.29, 0.717) is 0 Å². The summed E-state index contributed by atoms with van der Waals surface area (Å²) in [6.07, 6.45) is 0. The molecule has 10 rings (SSSR count). The summed E-state index contributed by atoms with van der Waals surface area (Å²) < 4.78 is 4.03. The van der Waals surface area contributed by atoms with Crippen molar-refractivity contribution in [2.45, 2.75) is 0 Å². The van der Waals surface area contributed by atoms with Gasteiger partial charge in [-0.3, -0.25) is 0 Å². The van der Waals surface area contributed by atoms with Crippen molar-refractivity contribution < 1.29 is 0 Å². The van der Waals surface area contributed by atoms with Crippen LogP contribution in [0.3, 0.4) is 0 Å². The molecule has 10 aromatic rings. The molecule has 46 heavy (non-hydrogen) atoms. The lowest BCUT2D eigenvalue weighted by Gasteiger charge is -2.19. The highest BCUT2D eigenvalue weighted by atomic mass is 32.1. The third kappa shape index (κ3) is 3.84. The van der Waals surface area contributed by atoms with Gasteiger partial charge in [-0.1, -0.05) is 133 Å². The monoisotopic (exact) mass is 618 g/mol.